The topological polar surface area (TPSA) is 56.2 Å². The van der Waals surface area contributed by atoms with Crippen LogP contribution in [0.2, 0.25) is 5.15 Å². The highest BCUT2D eigenvalue weighted by molar-refractivity contribution is 6.32. The molecule has 0 fully saturated rings. The first-order chi connectivity index (χ1) is 9.06. The molecule has 2 heterocycles. The molecule has 0 amide bonds. The molecular formula is C14H13ClN4. The maximum atomic E-state index is 6.16. The second kappa shape index (κ2) is 4.24. The van der Waals surface area contributed by atoms with Crippen molar-refractivity contribution >= 4 is 23.1 Å². The Labute approximate surface area is 115 Å². The van der Waals surface area contributed by atoms with Gasteiger partial charge in [-0.2, -0.15) is 0 Å². The minimum absolute atomic E-state index is 0.308. The number of benzene rings is 1. The van der Waals surface area contributed by atoms with Gasteiger partial charge in [-0.3, -0.25) is 4.40 Å². The van der Waals surface area contributed by atoms with Crippen molar-refractivity contribution in [1.82, 2.24) is 14.4 Å². The number of halogens is 1. The van der Waals surface area contributed by atoms with E-state index in [2.05, 4.69) is 9.97 Å². The number of nitrogen functional groups attached to an aromatic ring is 1. The highest BCUT2D eigenvalue weighted by atomic mass is 35.5. The van der Waals surface area contributed by atoms with E-state index in [9.17, 15) is 0 Å². The summed E-state index contributed by atoms with van der Waals surface area (Å²) in [5.74, 6) is 0.308. The lowest BCUT2D eigenvalue weighted by molar-refractivity contribution is 1.14. The highest BCUT2D eigenvalue weighted by Crippen LogP contribution is 2.28. The quantitative estimate of drug-likeness (QED) is 0.740. The number of nitrogens with zero attached hydrogens (tertiary/aromatic N) is 3. The van der Waals surface area contributed by atoms with Gasteiger partial charge in [-0.1, -0.05) is 41.4 Å². The minimum atomic E-state index is 0.308. The fourth-order valence-electron chi connectivity index (χ4n) is 2.06. The van der Waals surface area contributed by atoms with Crippen molar-refractivity contribution in [2.24, 2.45) is 0 Å². The van der Waals surface area contributed by atoms with Crippen molar-refractivity contribution in [2.45, 2.75) is 13.8 Å². The summed E-state index contributed by atoms with van der Waals surface area (Å²) in [4.78, 5) is 8.85. The molecule has 3 rings (SSSR count). The van der Waals surface area contributed by atoms with E-state index in [4.69, 9.17) is 17.3 Å². The van der Waals surface area contributed by atoms with Gasteiger partial charge in [0.05, 0.1) is 5.69 Å². The Morgan fingerprint density at radius 3 is 2.47 bits per heavy atom. The molecule has 4 nitrogen and oxygen atoms in total. The lowest BCUT2D eigenvalue weighted by atomic mass is 10.1. The Kier molecular flexibility index (Phi) is 2.68. The number of aryl methyl sites for hydroxylation is 2. The molecule has 19 heavy (non-hydrogen) atoms. The molecule has 0 spiro atoms. The van der Waals surface area contributed by atoms with Crippen LogP contribution < -0.4 is 5.73 Å². The second-order valence-corrected chi connectivity index (χ2v) is 4.94. The van der Waals surface area contributed by atoms with E-state index in [1.807, 2.05) is 44.3 Å². The van der Waals surface area contributed by atoms with Crippen molar-refractivity contribution < 1.29 is 0 Å². The number of fused-ring (bicyclic) bond motifs is 1. The van der Waals surface area contributed by atoms with Gasteiger partial charge in [0.1, 0.15) is 5.69 Å². The zero-order chi connectivity index (χ0) is 13.6. The molecule has 0 aliphatic heterocycles. The average Bonchev–Trinajstić information content (AvgIpc) is 2.77. The minimum Gasteiger partial charge on any atom is -0.381 e. The van der Waals surface area contributed by atoms with Gasteiger partial charge in [-0.05, 0) is 13.8 Å². The molecule has 0 atom stereocenters. The summed E-state index contributed by atoms with van der Waals surface area (Å²) in [6, 6.07) is 8.09. The van der Waals surface area contributed by atoms with Crippen LogP contribution in [0.4, 0.5) is 5.82 Å². The van der Waals surface area contributed by atoms with Crippen LogP contribution in [0.1, 0.15) is 11.3 Å². The Bertz CT molecular complexity index is 759. The summed E-state index contributed by atoms with van der Waals surface area (Å²) in [6.45, 7) is 3.96. The largest absolute Gasteiger partial charge is 0.381 e. The standard InChI is InChI=1S/C14H13ClN4/c1-8-3-5-10(6-4-8)11-14-17-9(2)7-19(14)12(15)13(16)18-11/h3-7H,16H2,1-2H3. The van der Waals surface area contributed by atoms with Crippen molar-refractivity contribution in [1.29, 1.82) is 0 Å². The van der Waals surface area contributed by atoms with Gasteiger partial charge >= 0.3 is 0 Å². The van der Waals surface area contributed by atoms with Crippen LogP contribution in [0.5, 0.6) is 0 Å². The van der Waals surface area contributed by atoms with Crippen molar-refractivity contribution in [2.75, 3.05) is 5.73 Å². The molecule has 0 aliphatic rings. The number of hydrogen-bond acceptors (Lipinski definition) is 3. The van der Waals surface area contributed by atoms with E-state index in [1.165, 1.54) is 5.56 Å². The molecule has 96 valence electrons. The van der Waals surface area contributed by atoms with Gasteiger partial charge in [0.15, 0.2) is 16.6 Å². The first-order valence-corrected chi connectivity index (χ1v) is 6.32. The van der Waals surface area contributed by atoms with Gasteiger partial charge in [0, 0.05) is 11.8 Å². The maximum Gasteiger partial charge on any atom is 0.165 e. The molecule has 0 radical (unpaired) electrons. The third-order valence-electron chi connectivity index (χ3n) is 3.02. The van der Waals surface area contributed by atoms with Crippen LogP contribution in [-0.2, 0) is 0 Å². The number of anilines is 1. The second-order valence-electron chi connectivity index (χ2n) is 4.58. The maximum absolute atomic E-state index is 6.16. The number of rotatable bonds is 1. The molecule has 2 N–H and O–H groups in total. The monoisotopic (exact) mass is 272 g/mol. The smallest absolute Gasteiger partial charge is 0.165 e. The summed E-state index contributed by atoms with van der Waals surface area (Å²) in [6.07, 6.45) is 1.85. The predicted octanol–water partition coefficient (Wildman–Crippen LogP) is 3.25. The van der Waals surface area contributed by atoms with E-state index >= 15 is 0 Å². The lowest BCUT2D eigenvalue weighted by Crippen LogP contribution is -2.00. The van der Waals surface area contributed by atoms with E-state index in [0.29, 0.717) is 11.0 Å². The van der Waals surface area contributed by atoms with E-state index < -0.39 is 0 Å². The van der Waals surface area contributed by atoms with Gasteiger partial charge in [-0.15, -0.1) is 0 Å². The van der Waals surface area contributed by atoms with Crippen molar-refractivity contribution in [3.63, 3.8) is 0 Å². The molecule has 0 bridgehead atoms. The fraction of sp³-hybridized carbons (Fsp3) is 0.143. The summed E-state index contributed by atoms with van der Waals surface area (Å²) < 4.78 is 1.77. The zero-order valence-corrected chi connectivity index (χ0v) is 11.4. The number of nitrogens with two attached hydrogens (primary N) is 1. The molecule has 5 heteroatoms. The summed E-state index contributed by atoms with van der Waals surface area (Å²) in [7, 11) is 0. The van der Waals surface area contributed by atoms with E-state index in [1.54, 1.807) is 4.40 Å². The third-order valence-corrected chi connectivity index (χ3v) is 3.39. The summed E-state index contributed by atoms with van der Waals surface area (Å²) in [5, 5.41) is 0.395. The Balaban J connectivity index is 2.34. The number of aromatic nitrogens is 3. The van der Waals surface area contributed by atoms with Gasteiger partial charge < -0.3 is 5.73 Å². The lowest BCUT2D eigenvalue weighted by Gasteiger charge is -2.07. The van der Waals surface area contributed by atoms with Gasteiger partial charge in [0.25, 0.3) is 0 Å². The van der Waals surface area contributed by atoms with Crippen molar-refractivity contribution in [3.05, 3.63) is 46.9 Å². The summed E-state index contributed by atoms with van der Waals surface area (Å²) >= 11 is 6.16. The molecule has 3 aromatic rings. The molecule has 0 aliphatic carbocycles. The number of imidazole rings is 1. The predicted molar refractivity (Wildman–Crippen MR) is 77.3 cm³/mol. The Hall–Kier alpha value is -2.07. The first-order valence-electron chi connectivity index (χ1n) is 5.94. The van der Waals surface area contributed by atoms with Gasteiger partial charge in [0.2, 0.25) is 0 Å². The molecule has 0 saturated carbocycles. The fourth-order valence-corrected chi connectivity index (χ4v) is 2.23. The van der Waals surface area contributed by atoms with Crippen LogP contribution >= 0.6 is 11.6 Å². The highest BCUT2D eigenvalue weighted by Gasteiger charge is 2.14. The van der Waals surface area contributed by atoms with Crippen LogP contribution in [0.25, 0.3) is 16.9 Å². The average molecular weight is 273 g/mol. The van der Waals surface area contributed by atoms with Gasteiger partial charge in [-0.25, -0.2) is 9.97 Å². The molecule has 0 saturated heterocycles. The summed E-state index contributed by atoms with van der Waals surface area (Å²) in [5.41, 5.74) is 10.4. The molecular weight excluding hydrogens is 260 g/mol. The van der Waals surface area contributed by atoms with Crippen molar-refractivity contribution in [3.8, 4) is 11.3 Å². The Morgan fingerprint density at radius 1 is 1.11 bits per heavy atom. The van der Waals surface area contributed by atoms with E-state index in [0.717, 1.165) is 22.6 Å². The molecule has 0 unspecified atom stereocenters. The normalized spacial score (nSPS) is 11.1. The van der Waals surface area contributed by atoms with Crippen LogP contribution in [-0.4, -0.2) is 14.4 Å². The van der Waals surface area contributed by atoms with Crippen LogP contribution in [0.3, 0.4) is 0 Å². The van der Waals surface area contributed by atoms with Crippen LogP contribution in [0.15, 0.2) is 30.5 Å². The molecule has 1 aromatic carbocycles. The van der Waals surface area contributed by atoms with E-state index in [-0.39, 0.29) is 0 Å². The van der Waals surface area contributed by atoms with Crippen LogP contribution in [0, 0.1) is 13.8 Å². The third kappa shape index (κ3) is 1.94. The first kappa shape index (κ1) is 12.0. The number of hydrogen-bond donors (Lipinski definition) is 1. The zero-order valence-electron chi connectivity index (χ0n) is 10.7. The Morgan fingerprint density at radius 2 is 1.79 bits per heavy atom. The molecule has 2 aromatic heterocycles. The SMILES string of the molecule is Cc1ccc(-c2nc(N)c(Cl)n3cc(C)nc23)cc1.